The first-order chi connectivity index (χ1) is 16.0. The molecule has 0 atom stereocenters. The fraction of sp³-hybridized carbons (Fsp3) is 0.333. The summed E-state index contributed by atoms with van der Waals surface area (Å²) in [6, 6.07) is 14.5. The maximum atomic E-state index is 13.3. The number of amides is 3. The molecule has 2 aromatic carbocycles. The largest absolute Gasteiger partial charge is 0.454 e. The highest BCUT2D eigenvalue weighted by molar-refractivity contribution is 8.00. The molecule has 2 heterocycles. The number of nitrogens with one attached hydrogen (secondary N) is 1. The molecule has 1 fully saturated rings. The number of carbonyl (C=O) groups excluding carboxylic acids is 4. The van der Waals surface area contributed by atoms with E-state index < -0.39 is 24.0 Å². The van der Waals surface area contributed by atoms with Gasteiger partial charge in [0.15, 0.2) is 6.61 Å². The summed E-state index contributed by atoms with van der Waals surface area (Å²) >= 11 is 1.43. The van der Waals surface area contributed by atoms with Crippen molar-refractivity contribution in [2.45, 2.75) is 36.1 Å². The summed E-state index contributed by atoms with van der Waals surface area (Å²) in [7, 11) is 0. The molecule has 1 N–H and O–H groups in total. The average Bonchev–Trinajstić information content (AvgIpc) is 3.31. The Labute approximate surface area is 195 Å². The van der Waals surface area contributed by atoms with E-state index in [0.29, 0.717) is 29.9 Å². The maximum absolute atomic E-state index is 13.3. The number of esters is 1. The number of rotatable bonds is 4. The fourth-order valence-electron chi connectivity index (χ4n) is 4.84. The molecular weight excluding hydrogens is 442 g/mol. The normalized spacial score (nSPS) is 18.5. The lowest BCUT2D eigenvalue weighted by molar-refractivity contribution is -0.147. The fourth-order valence-corrected chi connectivity index (χ4v) is 5.77. The van der Waals surface area contributed by atoms with E-state index in [4.69, 9.17) is 4.74 Å². The Morgan fingerprint density at radius 2 is 1.70 bits per heavy atom. The first-order valence-electron chi connectivity index (χ1n) is 10.9. The van der Waals surface area contributed by atoms with E-state index in [9.17, 15) is 19.2 Å². The van der Waals surface area contributed by atoms with Gasteiger partial charge in [-0.15, -0.1) is 11.8 Å². The molecule has 0 radical (unpaired) electrons. The number of fused-ring (bicyclic) bond motifs is 2. The Morgan fingerprint density at radius 3 is 2.48 bits per heavy atom. The second-order valence-corrected chi connectivity index (χ2v) is 9.35. The molecule has 8 nitrogen and oxygen atoms in total. The molecular formula is C24H23N3O5S. The third kappa shape index (κ3) is 3.76. The highest BCUT2D eigenvalue weighted by atomic mass is 32.2. The Morgan fingerprint density at radius 1 is 1.00 bits per heavy atom. The predicted octanol–water partition coefficient (Wildman–Crippen LogP) is 2.97. The lowest BCUT2D eigenvalue weighted by Crippen LogP contribution is -2.61. The van der Waals surface area contributed by atoms with Crippen LogP contribution in [-0.2, 0) is 23.9 Å². The molecule has 2 aromatic rings. The molecule has 0 saturated heterocycles. The lowest BCUT2D eigenvalue weighted by atomic mass is 9.90. The molecule has 9 heteroatoms. The van der Waals surface area contributed by atoms with Gasteiger partial charge in [-0.3, -0.25) is 29.0 Å². The number of benzene rings is 2. The Bertz CT molecular complexity index is 1140. The summed E-state index contributed by atoms with van der Waals surface area (Å²) < 4.78 is 5.31. The SMILES string of the molecule is O=C(CN1C(=O)CSc2ccccc21)OCC(=O)N1c2ccccc2NC(=O)C12CCCC2. The summed E-state index contributed by atoms with van der Waals surface area (Å²) in [6.07, 6.45) is 2.80. The second-order valence-electron chi connectivity index (χ2n) is 8.34. The Hall–Kier alpha value is -3.33. The Kier molecular flexibility index (Phi) is 5.57. The second kappa shape index (κ2) is 8.55. The van der Waals surface area contributed by atoms with E-state index in [0.717, 1.165) is 17.7 Å². The summed E-state index contributed by atoms with van der Waals surface area (Å²) in [5.41, 5.74) is 0.870. The van der Waals surface area contributed by atoms with Crippen LogP contribution in [0.3, 0.4) is 0 Å². The molecule has 1 saturated carbocycles. The third-order valence-corrected chi connectivity index (χ3v) is 7.42. The van der Waals surface area contributed by atoms with Crippen LogP contribution in [0, 0.1) is 0 Å². The first kappa shape index (κ1) is 21.5. The lowest BCUT2D eigenvalue weighted by Gasteiger charge is -2.44. The van der Waals surface area contributed by atoms with Crippen molar-refractivity contribution in [3.8, 4) is 0 Å². The molecule has 0 unspecified atom stereocenters. The third-order valence-electron chi connectivity index (χ3n) is 6.38. The number of anilines is 3. The molecule has 0 aromatic heterocycles. The molecule has 33 heavy (non-hydrogen) atoms. The zero-order valence-electron chi connectivity index (χ0n) is 17.9. The number of thioether (sulfide) groups is 1. The van der Waals surface area contributed by atoms with Crippen LogP contribution < -0.4 is 15.1 Å². The molecule has 3 amide bonds. The van der Waals surface area contributed by atoms with Crippen LogP contribution in [0.25, 0.3) is 0 Å². The van der Waals surface area contributed by atoms with Gasteiger partial charge in [-0.05, 0) is 37.1 Å². The summed E-state index contributed by atoms with van der Waals surface area (Å²) in [5.74, 6) is -1.27. The minimum atomic E-state index is -0.961. The van der Waals surface area contributed by atoms with Gasteiger partial charge in [0.1, 0.15) is 12.1 Å². The van der Waals surface area contributed by atoms with Crippen molar-refractivity contribution in [3.05, 3.63) is 48.5 Å². The minimum Gasteiger partial charge on any atom is -0.454 e. The topological polar surface area (TPSA) is 96.0 Å². The van der Waals surface area contributed by atoms with E-state index in [1.165, 1.54) is 21.6 Å². The summed E-state index contributed by atoms with van der Waals surface area (Å²) in [5, 5.41) is 2.92. The zero-order valence-corrected chi connectivity index (χ0v) is 18.7. The monoisotopic (exact) mass is 465 g/mol. The number of carbonyl (C=O) groups is 4. The van der Waals surface area contributed by atoms with E-state index in [2.05, 4.69) is 5.32 Å². The molecule has 2 aliphatic heterocycles. The van der Waals surface area contributed by atoms with Crippen LogP contribution in [0.2, 0.25) is 0 Å². The predicted molar refractivity (Wildman–Crippen MR) is 124 cm³/mol. The average molecular weight is 466 g/mol. The van der Waals surface area contributed by atoms with Gasteiger partial charge in [0.25, 0.3) is 11.8 Å². The van der Waals surface area contributed by atoms with Crippen LogP contribution in [0.1, 0.15) is 25.7 Å². The van der Waals surface area contributed by atoms with E-state index in [1.807, 2.05) is 18.2 Å². The van der Waals surface area contributed by atoms with Gasteiger partial charge in [-0.1, -0.05) is 37.1 Å². The standard InChI is InChI=1S/C24H23N3O5S/c28-20(14-32-22(30)13-26-18-9-3-4-10-19(18)33-15-21(26)29)27-17-8-2-1-7-16(17)25-23(31)24(27)11-5-6-12-24/h1-4,7-10H,5-6,11-15H2,(H,25,31). The number of para-hydroxylation sites is 3. The van der Waals surface area contributed by atoms with Crippen LogP contribution in [0.4, 0.5) is 17.1 Å². The van der Waals surface area contributed by atoms with Crippen LogP contribution >= 0.6 is 11.8 Å². The highest BCUT2D eigenvalue weighted by Gasteiger charge is 2.52. The Balaban J connectivity index is 1.32. The highest BCUT2D eigenvalue weighted by Crippen LogP contribution is 2.45. The van der Waals surface area contributed by atoms with Crippen molar-refractivity contribution in [2.75, 3.05) is 34.0 Å². The summed E-state index contributed by atoms with van der Waals surface area (Å²) in [6.45, 7) is -0.771. The molecule has 0 bridgehead atoms. The molecule has 1 aliphatic carbocycles. The zero-order chi connectivity index (χ0) is 23.0. The van der Waals surface area contributed by atoms with Crippen molar-refractivity contribution in [2.24, 2.45) is 0 Å². The quantitative estimate of drug-likeness (QED) is 0.698. The van der Waals surface area contributed by atoms with Crippen molar-refractivity contribution >= 4 is 52.5 Å². The number of ether oxygens (including phenoxy) is 1. The van der Waals surface area contributed by atoms with Gasteiger partial charge in [0, 0.05) is 4.90 Å². The van der Waals surface area contributed by atoms with E-state index >= 15 is 0 Å². The molecule has 5 rings (SSSR count). The van der Waals surface area contributed by atoms with E-state index in [-0.39, 0.29) is 24.1 Å². The number of hydrogen-bond acceptors (Lipinski definition) is 6. The maximum Gasteiger partial charge on any atom is 0.326 e. The van der Waals surface area contributed by atoms with Crippen LogP contribution in [0.15, 0.2) is 53.4 Å². The van der Waals surface area contributed by atoms with Gasteiger partial charge in [0.2, 0.25) is 5.91 Å². The molecule has 1 spiro atoms. The van der Waals surface area contributed by atoms with E-state index in [1.54, 1.807) is 30.3 Å². The van der Waals surface area contributed by atoms with Gasteiger partial charge in [-0.25, -0.2) is 0 Å². The van der Waals surface area contributed by atoms with Crippen LogP contribution in [-0.4, -0.2) is 48.1 Å². The van der Waals surface area contributed by atoms with Gasteiger partial charge in [0.05, 0.1) is 22.8 Å². The van der Waals surface area contributed by atoms with Crippen molar-refractivity contribution < 1.29 is 23.9 Å². The van der Waals surface area contributed by atoms with Gasteiger partial charge in [-0.2, -0.15) is 0 Å². The summed E-state index contributed by atoms with van der Waals surface area (Å²) in [4.78, 5) is 55.1. The first-order valence-corrected chi connectivity index (χ1v) is 11.9. The molecule has 3 aliphatic rings. The number of hydrogen-bond donors (Lipinski definition) is 1. The molecule has 170 valence electrons. The van der Waals surface area contributed by atoms with Crippen LogP contribution in [0.5, 0.6) is 0 Å². The van der Waals surface area contributed by atoms with Gasteiger partial charge < -0.3 is 10.1 Å². The van der Waals surface area contributed by atoms with Gasteiger partial charge >= 0.3 is 5.97 Å². The smallest absolute Gasteiger partial charge is 0.326 e. The van der Waals surface area contributed by atoms with Crippen molar-refractivity contribution in [1.82, 2.24) is 0 Å². The van der Waals surface area contributed by atoms with Crippen molar-refractivity contribution in [3.63, 3.8) is 0 Å². The van der Waals surface area contributed by atoms with Crippen molar-refractivity contribution in [1.29, 1.82) is 0 Å². The minimum absolute atomic E-state index is 0.187. The number of nitrogens with zero attached hydrogens (tertiary/aromatic N) is 2.